The van der Waals surface area contributed by atoms with Crippen molar-refractivity contribution in [3.63, 3.8) is 0 Å². The van der Waals surface area contributed by atoms with Gasteiger partial charge in [0, 0.05) is 6.04 Å². The lowest BCUT2D eigenvalue weighted by molar-refractivity contribution is 0.351. The average Bonchev–Trinajstić information content (AvgIpc) is 2.39. The number of rotatable bonds is 4. The first-order valence-electron chi connectivity index (χ1n) is 6.69. The minimum atomic E-state index is 0.608. The van der Waals surface area contributed by atoms with Crippen LogP contribution in [-0.4, -0.2) is 26.8 Å². The first-order valence-corrected chi connectivity index (χ1v) is 6.69. The monoisotopic (exact) mass is 249 g/mol. The summed E-state index contributed by atoms with van der Waals surface area (Å²) in [6.45, 7) is 3.22. The Hall–Kier alpha value is -1.22. The number of aryl methyl sites for hydroxylation is 1. The van der Waals surface area contributed by atoms with Gasteiger partial charge in [-0.3, -0.25) is 0 Å². The smallest absolute Gasteiger partial charge is 0.163 e. The maximum absolute atomic E-state index is 5.40. The molecule has 0 aromatic heterocycles. The Morgan fingerprint density at radius 2 is 2.06 bits per heavy atom. The molecule has 18 heavy (non-hydrogen) atoms. The highest BCUT2D eigenvalue weighted by atomic mass is 16.5. The summed E-state index contributed by atoms with van der Waals surface area (Å²) in [5.74, 6) is 1.68. The molecule has 0 bridgehead atoms. The van der Waals surface area contributed by atoms with Gasteiger partial charge < -0.3 is 14.8 Å². The van der Waals surface area contributed by atoms with Crippen LogP contribution in [0.25, 0.3) is 0 Å². The zero-order valence-corrected chi connectivity index (χ0v) is 11.6. The van der Waals surface area contributed by atoms with Gasteiger partial charge in [0.25, 0.3) is 0 Å². The molecule has 0 saturated carbocycles. The fourth-order valence-corrected chi connectivity index (χ4v) is 2.73. The molecule has 1 aromatic carbocycles. The van der Waals surface area contributed by atoms with E-state index in [0.29, 0.717) is 6.04 Å². The Balaban J connectivity index is 2.15. The van der Waals surface area contributed by atoms with Gasteiger partial charge in [-0.25, -0.2) is 0 Å². The topological polar surface area (TPSA) is 30.5 Å². The summed E-state index contributed by atoms with van der Waals surface area (Å²) >= 11 is 0. The van der Waals surface area contributed by atoms with E-state index in [1.165, 1.54) is 24.8 Å². The molecule has 100 valence electrons. The van der Waals surface area contributed by atoms with E-state index >= 15 is 0 Å². The Morgan fingerprint density at radius 3 is 2.67 bits per heavy atom. The number of benzene rings is 1. The standard InChI is InChI=1S/C15H23NO2/c1-11-8-12(9-13-6-4-5-7-16-13)10-14(17-2)15(11)18-3/h8,10,13,16H,4-7,9H2,1-3H3. The molecule has 3 heteroatoms. The quantitative estimate of drug-likeness (QED) is 0.890. The molecule has 0 aliphatic carbocycles. The van der Waals surface area contributed by atoms with Gasteiger partial charge in [0.2, 0.25) is 0 Å². The van der Waals surface area contributed by atoms with Crippen molar-refractivity contribution in [2.75, 3.05) is 20.8 Å². The highest BCUT2D eigenvalue weighted by Gasteiger charge is 2.15. The van der Waals surface area contributed by atoms with E-state index in [0.717, 1.165) is 30.0 Å². The molecular formula is C15H23NO2. The predicted octanol–water partition coefficient (Wildman–Crippen LogP) is 2.70. The minimum Gasteiger partial charge on any atom is -0.493 e. The second-order valence-electron chi connectivity index (χ2n) is 5.00. The van der Waals surface area contributed by atoms with Gasteiger partial charge >= 0.3 is 0 Å². The van der Waals surface area contributed by atoms with Crippen molar-refractivity contribution >= 4 is 0 Å². The molecule has 1 aromatic rings. The van der Waals surface area contributed by atoms with E-state index in [2.05, 4.69) is 24.4 Å². The lowest BCUT2D eigenvalue weighted by Gasteiger charge is -2.24. The van der Waals surface area contributed by atoms with Crippen molar-refractivity contribution in [1.82, 2.24) is 5.32 Å². The highest BCUT2D eigenvalue weighted by Crippen LogP contribution is 2.32. The fourth-order valence-electron chi connectivity index (χ4n) is 2.73. The molecule has 1 fully saturated rings. The number of hydrogen-bond donors (Lipinski definition) is 1. The van der Waals surface area contributed by atoms with Crippen molar-refractivity contribution in [2.24, 2.45) is 0 Å². The number of nitrogens with one attached hydrogen (secondary N) is 1. The number of ether oxygens (including phenoxy) is 2. The molecular weight excluding hydrogens is 226 g/mol. The molecule has 1 heterocycles. The summed E-state index contributed by atoms with van der Waals surface area (Å²) < 4.78 is 10.8. The Bertz CT molecular complexity index is 398. The maximum atomic E-state index is 5.40. The number of hydrogen-bond acceptors (Lipinski definition) is 3. The van der Waals surface area contributed by atoms with E-state index in [4.69, 9.17) is 9.47 Å². The van der Waals surface area contributed by atoms with Crippen molar-refractivity contribution in [3.05, 3.63) is 23.3 Å². The summed E-state index contributed by atoms with van der Waals surface area (Å²) in [6.07, 6.45) is 4.99. The molecule has 1 unspecified atom stereocenters. The minimum absolute atomic E-state index is 0.608. The number of methoxy groups -OCH3 is 2. The average molecular weight is 249 g/mol. The van der Waals surface area contributed by atoms with Crippen LogP contribution >= 0.6 is 0 Å². The zero-order chi connectivity index (χ0) is 13.0. The first-order chi connectivity index (χ1) is 8.74. The SMILES string of the molecule is COc1cc(CC2CCCCN2)cc(C)c1OC. The van der Waals surface area contributed by atoms with Crippen LogP contribution in [0.2, 0.25) is 0 Å². The Kier molecular flexibility index (Phi) is 4.48. The maximum Gasteiger partial charge on any atom is 0.163 e. The summed E-state index contributed by atoms with van der Waals surface area (Å²) in [5, 5.41) is 3.58. The molecule has 3 nitrogen and oxygen atoms in total. The molecule has 0 radical (unpaired) electrons. The van der Waals surface area contributed by atoms with Crippen molar-refractivity contribution in [2.45, 2.75) is 38.6 Å². The summed E-state index contributed by atoms with van der Waals surface area (Å²) in [7, 11) is 3.38. The lowest BCUT2D eigenvalue weighted by atomic mass is 9.96. The highest BCUT2D eigenvalue weighted by molar-refractivity contribution is 5.49. The Morgan fingerprint density at radius 1 is 1.22 bits per heavy atom. The third kappa shape index (κ3) is 2.96. The van der Waals surface area contributed by atoms with Gasteiger partial charge in [-0.15, -0.1) is 0 Å². The van der Waals surface area contributed by atoms with Crippen LogP contribution in [0.5, 0.6) is 11.5 Å². The molecule has 1 aliphatic heterocycles. The molecule has 0 amide bonds. The molecule has 1 saturated heterocycles. The molecule has 1 N–H and O–H groups in total. The van der Waals surface area contributed by atoms with Crippen molar-refractivity contribution in [3.8, 4) is 11.5 Å². The number of piperidine rings is 1. The largest absolute Gasteiger partial charge is 0.493 e. The second-order valence-corrected chi connectivity index (χ2v) is 5.00. The second kappa shape index (κ2) is 6.10. The first kappa shape index (κ1) is 13.2. The van der Waals surface area contributed by atoms with Crippen LogP contribution in [0.3, 0.4) is 0 Å². The summed E-state index contributed by atoms with van der Waals surface area (Å²) in [6, 6.07) is 4.91. The molecule has 0 spiro atoms. The van der Waals surface area contributed by atoms with Gasteiger partial charge in [0.05, 0.1) is 14.2 Å². The molecule has 1 aliphatic rings. The Labute approximate surface area is 109 Å². The van der Waals surface area contributed by atoms with Gasteiger partial charge in [0.1, 0.15) is 0 Å². The molecule has 1 atom stereocenters. The normalized spacial score (nSPS) is 19.6. The predicted molar refractivity (Wildman–Crippen MR) is 73.6 cm³/mol. The van der Waals surface area contributed by atoms with E-state index < -0.39 is 0 Å². The van der Waals surface area contributed by atoms with E-state index in [1.54, 1.807) is 14.2 Å². The van der Waals surface area contributed by atoms with E-state index in [-0.39, 0.29) is 0 Å². The van der Waals surface area contributed by atoms with Gasteiger partial charge in [0.15, 0.2) is 11.5 Å². The van der Waals surface area contributed by atoms with Gasteiger partial charge in [-0.05, 0) is 49.9 Å². The van der Waals surface area contributed by atoms with Crippen LogP contribution in [0.15, 0.2) is 12.1 Å². The van der Waals surface area contributed by atoms with Crippen LogP contribution in [0.4, 0.5) is 0 Å². The third-order valence-corrected chi connectivity index (χ3v) is 3.62. The van der Waals surface area contributed by atoms with Crippen LogP contribution in [0, 0.1) is 6.92 Å². The zero-order valence-electron chi connectivity index (χ0n) is 11.6. The lowest BCUT2D eigenvalue weighted by Crippen LogP contribution is -2.35. The van der Waals surface area contributed by atoms with E-state index in [9.17, 15) is 0 Å². The van der Waals surface area contributed by atoms with E-state index in [1.807, 2.05) is 0 Å². The van der Waals surface area contributed by atoms with Crippen LogP contribution in [0.1, 0.15) is 30.4 Å². The fraction of sp³-hybridized carbons (Fsp3) is 0.600. The molecule has 2 rings (SSSR count). The van der Waals surface area contributed by atoms with Crippen LogP contribution in [-0.2, 0) is 6.42 Å². The summed E-state index contributed by atoms with van der Waals surface area (Å²) in [4.78, 5) is 0. The third-order valence-electron chi connectivity index (χ3n) is 3.62. The van der Waals surface area contributed by atoms with Gasteiger partial charge in [-0.1, -0.05) is 12.5 Å². The van der Waals surface area contributed by atoms with Crippen molar-refractivity contribution < 1.29 is 9.47 Å². The van der Waals surface area contributed by atoms with Crippen LogP contribution < -0.4 is 14.8 Å². The summed E-state index contributed by atoms with van der Waals surface area (Å²) in [5.41, 5.74) is 2.47. The van der Waals surface area contributed by atoms with Crippen molar-refractivity contribution in [1.29, 1.82) is 0 Å². The van der Waals surface area contributed by atoms with Gasteiger partial charge in [-0.2, -0.15) is 0 Å².